The number of benzene rings is 8. The maximum absolute atomic E-state index is 6.49. The van der Waals surface area contributed by atoms with Gasteiger partial charge in [0.1, 0.15) is 16.7 Å². The molecule has 0 aliphatic heterocycles. The first-order valence-corrected chi connectivity index (χ1v) is 19.2. The average Bonchev–Trinajstić information content (AvgIpc) is 4.01. The second kappa shape index (κ2) is 11.7. The SMILES string of the molecule is c1ccc(-c2nc3c(ccc4oc5ccc(N(c6ccc7c(c6)sc6ccccc67)c6cccc7c6c6ccccc6n7-c6ccccc6)cc5c43)o2)cc1. The predicted molar refractivity (Wildman–Crippen MR) is 229 cm³/mol. The molecule has 6 heteroatoms. The van der Waals surface area contributed by atoms with Gasteiger partial charge in [-0.2, -0.15) is 0 Å². The van der Waals surface area contributed by atoms with Gasteiger partial charge in [0, 0.05) is 59.0 Å². The third-order valence-electron chi connectivity index (χ3n) is 10.8. The summed E-state index contributed by atoms with van der Waals surface area (Å²) in [6.07, 6.45) is 0. The predicted octanol–water partition coefficient (Wildman–Crippen LogP) is 14.3. The molecule has 0 fully saturated rings. The number of anilines is 3. The van der Waals surface area contributed by atoms with Gasteiger partial charge in [0.2, 0.25) is 5.89 Å². The number of furan rings is 1. The van der Waals surface area contributed by atoms with Gasteiger partial charge < -0.3 is 18.3 Å². The van der Waals surface area contributed by atoms with Crippen molar-refractivity contribution in [3.63, 3.8) is 0 Å². The van der Waals surface area contributed by atoms with Gasteiger partial charge in [-0.15, -0.1) is 11.3 Å². The molecule has 0 amide bonds. The van der Waals surface area contributed by atoms with Crippen LogP contribution in [0, 0.1) is 0 Å². The minimum Gasteiger partial charge on any atom is -0.456 e. The molecule has 0 aliphatic rings. The molecule has 0 saturated heterocycles. The van der Waals surface area contributed by atoms with Crippen molar-refractivity contribution in [1.29, 1.82) is 0 Å². The van der Waals surface area contributed by atoms with Crippen molar-refractivity contribution in [2.45, 2.75) is 0 Å². The molecule has 55 heavy (non-hydrogen) atoms. The van der Waals surface area contributed by atoms with Gasteiger partial charge >= 0.3 is 0 Å². The quantitative estimate of drug-likeness (QED) is 0.177. The molecule has 12 aromatic rings. The Morgan fingerprint density at radius 1 is 0.473 bits per heavy atom. The first-order chi connectivity index (χ1) is 27.3. The maximum Gasteiger partial charge on any atom is 0.227 e. The van der Waals surface area contributed by atoms with Gasteiger partial charge in [-0.05, 0) is 91.0 Å². The number of thiophene rings is 1. The second-order valence-electron chi connectivity index (χ2n) is 13.9. The number of nitrogens with zero attached hydrogens (tertiary/aromatic N) is 3. The lowest BCUT2D eigenvalue weighted by Crippen LogP contribution is -2.10. The molecule has 5 nitrogen and oxygen atoms in total. The highest BCUT2D eigenvalue weighted by molar-refractivity contribution is 7.25. The summed E-state index contributed by atoms with van der Waals surface area (Å²) in [7, 11) is 0. The second-order valence-corrected chi connectivity index (χ2v) is 15.0. The Balaban J connectivity index is 1.15. The first-order valence-electron chi connectivity index (χ1n) is 18.4. The van der Waals surface area contributed by atoms with E-state index in [-0.39, 0.29) is 0 Å². The van der Waals surface area contributed by atoms with Gasteiger partial charge in [-0.25, -0.2) is 4.98 Å². The fourth-order valence-corrected chi connectivity index (χ4v) is 9.55. The summed E-state index contributed by atoms with van der Waals surface area (Å²) < 4.78 is 17.7. The molecule has 12 rings (SSSR count). The Labute approximate surface area is 318 Å². The molecule has 0 N–H and O–H groups in total. The van der Waals surface area contributed by atoms with Crippen molar-refractivity contribution < 1.29 is 8.83 Å². The molecule has 0 bridgehead atoms. The summed E-state index contributed by atoms with van der Waals surface area (Å²) in [5.41, 5.74) is 10.6. The number of fused-ring (bicyclic) bond motifs is 11. The van der Waals surface area contributed by atoms with Crippen LogP contribution in [0.5, 0.6) is 0 Å². The first kappa shape index (κ1) is 30.3. The minimum atomic E-state index is 0.591. The van der Waals surface area contributed by atoms with Crippen LogP contribution in [0.15, 0.2) is 185 Å². The lowest BCUT2D eigenvalue weighted by Gasteiger charge is -2.26. The van der Waals surface area contributed by atoms with Crippen molar-refractivity contribution >= 4 is 103 Å². The Morgan fingerprint density at radius 2 is 1.16 bits per heavy atom. The largest absolute Gasteiger partial charge is 0.456 e. The highest BCUT2D eigenvalue weighted by Crippen LogP contribution is 2.47. The van der Waals surface area contributed by atoms with Gasteiger partial charge in [-0.3, -0.25) is 0 Å². The third kappa shape index (κ3) is 4.55. The topological polar surface area (TPSA) is 47.3 Å². The molecule has 0 saturated carbocycles. The molecule has 4 aromatic heterocycles. The summed E-state index contributed by atoms with van der Waals surface area (Å²) in [5.74, 6) is 0.591. The van der Waals surface area contributed by atoms with E-state index in [2.05, 4.69) is 143 Å². The van der Waals surface area contributed by atoms with Crippen LogP contribution in [-0.2, 0) is 0 Å². The van der Waals surface area contributed by atoms with Gasteiger partial charge in [0.15, 0.2) is 5.58 Å². The van der Waals surface area contributed by atoms with E-state index in [9.17, 15) is 0 Å². The van der Waals surface area contributed by atoms with Crippen LogP contribution >= 0.6 is 11.3 Å². The van der Waals surface area contributed by atoms with E-state index in [1.54, 1.807) is 0 Å². The van der Waals surface area contributed by atoms with Crippen LogP contribution in [0.1, 0.15) is 0 Å². The average molecular weight is 724 g/mol. The molecule has 4 heterocycles. The Hall–Kier alpha value is -7.15. The number of oxazole rings is 1. The molecular weight excluding hydrogens is 695 g/mol. The van der Waals surface area contributed by atoms with Crippen molar-refractivity contribution in [3.05, 3.63) is 176 Å². The van der Waals surface area contributed by atoms with Crippen molar-refractivity contribution in [1.82, 2.24) is 9.55 Å². The lowest BCUT2D eigenvalue weighted by molar-refractivity contribution is 0.619. The zero-order chi connectivity index (χ0) is 36.0. The summed E-state index contributed by atoms with van der Waals surface area (Å²) in [5, 5.41) is 6.85. The molecule has 258 valence electrons. The lowest BCUT2D eigenvalue weighted by atomic mass is 10.1. The summed E-state index contributed by atoms with van der Waals surface area (Å²) in [6, 6.07) is 62.1. The van der Waals surface area contributed by atoms with Crippen LogP contribution in [0.25, 0.3) is 92.2 Å². The van der Waals surface area contributed by atoms with E-state index in [1.165, 1.54) is 30.9 Å². The number of aromatic nitrogens is 2. The van der Waals surface area contributed by atoms with Gasteiger partial charge in [0.25, 0.3) is 0 Å². The number of rotatable bonds is 5. The zero-order valence-corrected chi connectivity index (χ0v) is 30.1. The van der Waals surface area contributed by atoms with Gasteiger partial charge in [-0.1, -0.05) is 84.9 Å². The van der Waals surface area contributed by atoms with Gasteiger partial charge in [0.05, 0.1) is 22.1 Å². The highest BCUT2D eigenvalue weighted by atomic mass is 32.1. The standard InChI is InChI=1S/C49H29N3O2S/c1-3-12-30(13-4-1)49-50-48-43(54-49)27-26-42-47(48)37-28-32(23-25-41(37)53-42)51(33-22-24-35-34-16-8-10-21-44(34)55-45(35)29-33)39-19-11-20-40-46(39)36-17-7-9-18-38(36)52(40)31-14-5-2-6-15-31/h1-29H. The molecule has 0 radical (unpaired) electrons. The number of hydrogen-bond donors (Lipinski definition) is 0. The van der Waals surface area contributed by atoms with E-state index in [0.717, 1.165) is 72.4 Å². The maximum atomic E-state index is 6.49. The van der Waals surface area contributed by atoms with Crippen molar-refractivity contribution in [2.24, 2.45) is 0 Å². The molecule has 0 spiro atoms. The Bertz CT molecular complexity index is 3450. The summed E-state index contributed by atoms with van der Waals surface area (Å²) in [4.78, 5) is 7.45. The van der Waals surface area contributed by atoms with E-state index < -0.39 is 0 Å². The van der Waals surface area contributed by atoms with Crippen LogP contribution in [0.4, 0.5) is 17.1 Å². The third-order valence-corrected chi connectivity index (χ3v) is 11.9. The fraction of sp³-hybridized carbons (Fsp3) is 0. The van der Waals surface area contributed by atoms with Crippen molar-refractivity contribution in [3.8, 4) is 17.1 Å². The Kier molecular flexibility index (Phi) is 6.44. The number of para-hydroxylation sites is 2. The van der Waals surface area contributed by atoms with E-state index in [0.29, 0.717) is 5.89 Å². The molecule has 0 unspecified atom stereocenters. The van der Waals surface area contributed by atoms with Crippen LogP contribution in [-0.4, -0.2) is 9.55 Å². The zero-order valence-electron chi connectivity index (χ0n) is 29.3. The monoisotopic (exact) mass is 723 g/mol. The van der Waals surface area contributed by atoms with Crippen LogP contribution in [0.2, 0.25) is 0 Å². The normalized spacial score (nSPS) is 12.0. The molecule has 0 aliphatic carbocycles. The van der Waals surface area contributed by atoms with Crippen LogP contribution in [0.3, 0.4) is 0 Å². The summed E-state index contributed by atoms with van der Waals surface area (Å²) >= 11 is 1.83. The molecule has 8 aromatic carbocycles. The highest BCUT2D eigenvalue weighted by Gasteiger charge is 2.23. The van der Waals surface area contributed by atoms with E-state index >= 15 is 0 Å². The molecular formula is C49H29N3O2S. The number of hydrogen-bond acceptors (Lipinski definition) is 5. The van der Waals surface area contributed by atoms with Crippen LogP contribution < -0.4 is 4.90 Å². The minimum absolute atomic E-state index is 0.591. The summed E-state index contributed by atoms with van der Waals surface area (Å²) in [6.45, 7) is 0. The smallest absolute Gasteiger partial charge is 0.227 e. The fourth-order valence-electron chi connectivity index (χ4n) is 8.41. The Morgan fingerprint density at radius 3 is 2.05 bits per heavy atom. The molecule has 0 atom stereocenters. The van der Waals surface area contributed by atoms with E-state index in [1.807, 2.05) is 53.8 Å². The van der Waals surface area contributed by atoms with E-state index in [4.69, 9.17) is 13.8 Å². The van der Waals surface area contributed by atoms with Crippen molar-refractivity contribution in [2.75, 3.05) is 4.90 Å².